The van der Waals surface area contributed by atoms with Gasteiger partial charge in [-0.15, -0.1) is 0 Å². The minimum atomic E-state index is -4.67. The van der Waals surface area contributed by atoms with E-state index in [0.717, 1.165) is 28.0 Å². The molecule has 0 aliphatic rings. The number of hydrogen-bond donors (Lipinski definition) is 5. The first-order chi connectivity index (χ1) is 16.5. The molecule has 38 heavy (non-hydrogen) atoms. The van der Waals surface area contributed by atoms with E-state index in [0.29, 0.717) is 12.8 Å². The fourth-order valence-electron chi connectivity index (χ4n) is 1.16. The van der Waals surface area contributed by atoms with Crippen LogP contribution in [0, 0.1) is 0 Å². The molecule has 0 aliphatic carbocycles. The fourth-order valence-corrected chi connectivity index (χ4v) is 3.36. The number of carbonyl (C=O) groups is 4. The van der Waals surface area contributed by atoms with Gasteiger partial charge in [0.1, 0.15) is 26.5 Å². The summed E-state index contributed by atoms with van der Waals surface area (Å²) in [5.74, 6) is -1.01. The van der Waals surface area contributed by atoms with Crippen molar-refractivity contribution < 1.29 is 47.3 Å². The first-order valence-corrected chi connectivity index (χ1v) is 12.8. The van der Waals surface area contributed by atoms with E-state index in [1.165, 1.54) is 19.0 Å². The van der Waals surface area contributed by atoms with Gasteiger partial charge in [-0.1, -0.05) is 53.8 Å². The maximum absolute atomic E-state index is 11.5. The topological polar surface area (TPSA) is 263 Å². The average molecular weight is 685 g/mol. The zero-order valence-electron chi connectivity index (χ0n) is 18.4. The zero-order valence-corrected chi connectivity index (χ0v) is 23.9. The van der Waals surface area contributed by atoms with Crippen LogP contribution in [0.1, 0.15) is 26.8 Å². The van der Waals surface area contributed by atoms with Crippen LogP contribution in [0.15, 0.2) is 0 Å². The van der Waals surface area contributed by atoms with Crippen molar-refractivity contribution in [3.05, 3.63) is 30.1 Å². The quantitative estimate of drug-likeness (QED) is 0.158. The summed E-state index contributed by atoms with van der Waals surface area (Å²) in [6, 6.07) is 0. The number of primary amides is 1. The molecule has 0 fully saturated rings. The van der Waals surface area contributed by atoms with Crippen molar-refractivity contribution >= 4 is 105 Å². The predicted octanol–water partition coefficient (Wildman–Crippen LogP) is 1.61. The normalized spacial score (nSPS) is 9.18. The molecule has 0 atom stereocenters. The Morgan fingerprint density at radius 3 is 1.55 bits per heavy atom. The summed E-state index contributed by atoms with van der Waals surface area (Å²) in [4.78, 5) is 44.5. The van der Waals surface area contributed by atoms with Crippen molar-refractivity contribution in [3.8, 4) is 0 Å². The molecular formula is C15H23Cl4N6O10S3-. The summed E-state index contributed by atoms with van der Waals surface area (Å²) in [5, 5.41) is 11.0. The van der Waals surface area contributed by atoms with E-state index in [1.807, 2.05) is 0 Å². The van der Waals surface area contributed by atoms with Crippen LogP contribution in [-0.2, 0) is 20.0 Å². The Labute approximate surface area is 245 Å². The van der Waals surface area contributed by atoms with Crippen molar-refractivity contribution in [2.24, 2.45) is 5.73 Å². The summed E-state index contributed by atoms with van der Waals surface area (Å²) in [6.45, 7) is -0.0995. The Bertz CT molecular complexity index is 1110. The Morgan fingerprint density at radius 2 is 1.34 bits per heavy atom. The summed E-state index contributed by atoms with van der Waals surface area (Å²) in [6.07, 6.45) is 1.15. The summed E-state index contributed by atoms with van der Waals surface area (Å²) in [7, 11) is -1.64. The minimum Gasteiger partial charge on any atom is -0.870 e. The third kappa shape index (κ3) is 20.1. The van der Waals surface area contributed by atoms with Gasteiger partial charge >= 0.3 is 10.4 Å². The molecule has 7 N–H and O–H groups in total. The van der Waals surface area contributed by atoms with Crippen LogP contribution in [0.25, 0.3) is 0 Å². The number of aliphatic hydroxyl groups excluding tert-OH is 1. The molecule has 0 bridgehead atoms. The molecule has 2 rings (SSSR count). The molecule has 0 aromatic carbocycles. The van der Waals surface area contributed by atoms with Crippen molar-refractivity contribution in [2.45, 2.75) is 7.43 Å². The monoisotopic (exact) mass is 683 g/mol. The smallest absolute Gasteiger partial charge is 0.394 e. The van der Waals surface area contributed by atoms with Gasteiger partial charge in [-0.05, 0) is 23.1 Å². The van der Waals surface area contributed by atoms with E-state index in [4.69, 9.17) is 74.8 Å². The molecule has 220 valence electrons. The van der Waals surface area contributed by atoms with Crippen molar-refractivity contribution in [2.75, 3.05) is 27.5 Å². The molecule has 0 spiro atoms. The Morgan fingerprint density at radius 1 is 0.974 bits per heavy atom. The van der Waals surface area contributed by atoms with Crippen molar-refractivity contribution in [1.29, 1.82) is 0 Å². The number of nitrogens with zero attached hydrogens (tertiary/aromatic N) is 4. The van der Waals surface area contributed by atoms with Crippen molar-refractivity contribution in [3.63, 3.8) is 0 Å². The van der Waals surface area contributed by atoms with E-state index < -0.39 is 22.2 Å². The molecule has 4 amide bonds. The van der Waals surface area contributed by atoms with Gasteiger partial charge in [0.25, 0.3) is 11.8 Å². The fraction of sp³-hybridized carbons (Fsp3) is 0.333. The third-order valence-electron chi connectivity index (χ3n) is 2.70. The summed E-state index contributed by atoms with van der Waals surface area (Å²) >= 11 is 24.1. The highest BCUT2D eigenvalue weighted by Gasteiger charge is 2.17. The lowest BCUT2D eigenvalue weighted by Crippen LogP contribution is -2.34. The molecule has 2 aromatic rings. The highest BCUT2D eigenvalue weighted by atomic mass is 35.5. The molecule has 0 aliphatic heterocycles. The van der Waals surface area contributed by atoms with Gasteiger partial charge in [0, 0.05) is 14.1 Å². The van der Waals surface area contributed by atoms with Crippen molar-refractivity contribution in [1.82, 2.24) is 23.9 Å². The number of amides is 4. The summed E-state index contributed by atoms with van der Waals surface area (Å²) < 4.78 is 38.9. The highest BCUT2D eigenvalue weighted by molar-refractivity contribution is 7.79. The van der Waals surface area contributed by atoms with E-state index in [1.54, 1.807) is 0 Å². The number of carbonyl (C=O) groups excluding carboxylic acids is 4. The largest absolute Gasteiger partial charge is 0.870 e. The van der Waals surface area contributed by atoms with Gasteiger partial charge in [-0.3, -0.25) is 28.3 Å². The highest BCUT2D eigenvalue weighted by Crippen LogP contribution is 2.28. The van der Waals surface area contributed by atoms with Crippen LogP contribution in [-0.4, -0.2) is 98.8 Å². The van der Waals surface area contributed by atoms with Crippen LogP contribution < -0.4 is 11.1 Å². The average Bonchev–Trinajstić information content (AvgIpc) is 3.31. The molecule has 0 radical (unpaired) electrons. The molecule has 0 unspecified atom stereocenters. The lowest BCUT2D eigenvalue weighted by atomic mass is 10.4. The number of aromatic nitrogens is 2. The first kappa shape index (κ1) is 43.2. The van der Waals surface area contributed by atoms with Gasteiger partial charge in [0.15, 0.2) is 10.3 Å². The Balaban J connectivity index is -0.000000219. The summed E-state index contributed by atoms with van der Waals surface area (Å²) in [5.41, 5.74) is 4.92. The Kier molecular flexibility index (Phi) is 24.9. The van der Waals surface area contributed by atoms with Gasteiger partial charge in [0.2, 0.25) is 12.8 Å². The van der Waals surface area contributed by atoms with Gasteiger partial charge < -0.3 is 31.4 Å². The molecule has 2 heterocycles. The number of nitrogens with one attached hydrogen (secondary N) is 1. The Hall–Kier alpha value is -1.91. The second-order valence-electron chi connectivity index (χ2n) is 5.58. The molecular weight excluding hydrogens is 662 g/mol. The number of aliphatic hydroxyl groups is 1. The zero-order chi connectivity index (χ0) is 28.6. The van der Waals surface area contributed by atoms with Gasteiger partial charge in [-0.25, -0.2) is 0 Å². The molecule has 23 heteroatoms. The second kappa shape index (κ2) is 22.0. The van der Waals surface area contributed by atoms with Crippen LogP contribution in [0.4, 0.5) is 0 Å². The van der Waals surface area contributed by atoms with E-state index in [2.05, 4.69) is 14.1 Å². The first-order valence-electron chi connectivity index (χ1n) is 8.31. The third-order valence-corrected chi connectivity index (χ3v) is 6.31. The minimum absolute atomic E-state index is 0. The number of nitrogens with two attached hydrogens (primary N) is 1. The number of halogens is 4. The molecule has 16 nitrogen and oxygen atoms in total. The van der Waals surface area contributed by atoms with Crippen LogP contribution in [0.2, 0.25) is 20.4 Å². The molecule has 2 aromatic heterocycles. The predicted molar refractivity (Wildman–Crippen MR) is 143 cm³/mol. The van der Waals surface area contributed by atoms with E-state index in [-0.39, 0.29) is 56.4 Å². The standard InChI is InChI=1S/C7H7Cl2N3O2S.C4H2Cl2N2OS.C3H7NO2.CH4.H2O4S.H2O/c1-12(3-13)2-10-7(14)5-4(8)6(9)11-15-5;5-1-2(4(7)9)10-8-3(1)6;1-4(2-5)3-6;;1-5(2,3)4;/h3H,2H2,1H3,(H,10,14);(H2,7,9);2,6H,3H2,1H3;1H4;(H2,1,2,3,4);1H2/p-1. The molecule has 0 saturated heterocycles. The van der Waals surface area contributed by atoms with Crippen LogP contribution in [0.3, 0.4) is 0 Å². The second-order valence-corrected chi connectivity index (χ2v) is 9.49. The lowest BCUT2D eigenvalue weighted by molar-refractivity contribution is -0.120. The van der Waals surface area contributed by atoms with Gasteiger partial charge in [-0.2, -0.15) is 17.2 Å². The maximum atomic E-state index is 11.5. The molecule has 0 saturated carbocycles. The maximum Gasteiger partial charge on any atom is 0.394 e. The number of hydrogen-bond acceptors (Lipinski definition) is 12. The van der Waals surface area contributed by atoms with E-state index >= 15 is 0 Å². The van der Waals surface area contributed by atoms with Crippen LogP contribution >= 0.6 is 69.5 Å². The lowest BCUT2D eigenvalue weighted by Gasteiger charge is -2.10. The number of rotatable bonds is 7. The van der Waals surface area contributed by atoms with Crippen LogP contribution in [0.5, 0.6) is 0 Å². The van der Waals surface area contributed by atoms with Gasteiger partial charge in [0.05, 0.1) is 6.67 Å². The SMILES string of the molecule is C.CN(C=O)CNC(=O)c1snc(Cl)c1Cl.CN(C=O)CO.NC(=O)c1snc(Cl)c1Cl.O=S(=O)(O)O.[OH-]. The van der Waals surface area contributed by atoms with E-state index in [9.17, 15) is 19.2 Å².